The summed E-state index contributed by atoms with van der Waals surface area (Å²) in [6, 6.07) is 12.5. The van der Waals surface area contributed by atoms with Gasteiger partial charge in [0.1, 0.15) is 5.60 Å². The molecule has 2 N–H and O–H groups in total. The minimum absolute atomic E-state index is 0.0616. The van der Waals surface area contributed by atoms with Crippen LogP contribution in [0.15, 0.2) is 54.4 Å². The number of amides is 1. The summed E-state index contributed by atoms with van der Waals surface area (Å²) < 4.78 is 5.27. The van der Waals surface area contributed by atoms with Crippen molar-refractivity contribution in [3.8, 4) is 0 Å². The molecule has 5 nitrogen and oxygen atoms in total. The molecule has 0 saturated carbocycles. The third-order valence-corrected chi connectivity index (χ3v) is 4.32. The van der Waals surface area contributed by atoms with Gasteiger partial charge in [-0.2, -0.15) is 0 Å². The average Bonchev–Trinajstić information content (AvgIpc) is 3.04. The first kappa shape index (κ1) is 19.1. The Morgan fingerprint density at radius 2 is 2.00 bits per heavy atom. The maximum absolute atomic E-state index is 11.8. The van der Waals surface area contributed by atoms with Crippen LogP contribution >= 0.6 is 0 Å². The standard InChI is InChI=1S/C22H27N3O2/c1-22(2,3)27-21(26)25-12-11-24-20(18-9-6-10-23-15-18)19-13-16-7-4-5-8-17(16)14-19/h4-10,13,15,20,24H,11-12,14H2,1-3H3,(H,25,26). The number of benzene rings is 1. The van der Waals surface area contributed by atoms with Crippen molar-refractivity contribution in [2.45, 2.75) is 38.8 Å². The fourth-order valence-corrected chi connectivity index (χ4v) is 3.20. The van der Waals surface area contributed by atoms with Gasteiger partial charge in [0.15, 0.2) is 0 Å². The Morgan fingerprint density at radius 3 is 2.70 bits per heavy atom. The highest BCUT2D eigenvalue weighted by molar-refractivity contribution is 5.67. The molecule has 3 rings (SSSR count). The van der Waals surface area contributed by atoms with Crippen molar-refractivity contribution in [2.75, 3.05) is 13.1 Å². The molecule has 1 aromatic carbocycles. The van der Waals surface area contributed by atoms with Gasteiger partial charge in [0, 0.05) is 25.5 Å². The number of rotatable bonds is 6. The van der Waals surface area contributed by atoms with Crippen molar-refractivity contribution in [2.24, 2.45) is 0 Å². The van der Waals surface area contributed by atoms with Gasteiger partial charge in [-0.05, 0) is 55.5 Å². The zero-order valence-corrected chi connectivity index (χ0v) is 16.2. The first-order valence-electron chi connectivity index (χ1n) is 9.31. The lowest BCUT2D eigenvalue weighted by atomic mass is 9.98. The molecule has 1 heterocycles. The zero-order valence-electron chi connectivity index (χ0n) is 16.2. The number of pyridine rings is 1. The summed E-state index contributed by atoms with van der Waals surface area (Å²) in [5.41, 5.74) is 4.55. The van der Waals surface area contributed by atoms with Gasteiger partial charge in [0.2, 0.25) is 0 Å². The first-order chi connectivity index (χ1) is 12.9. The SMILES string of the molecule is CC(C)(C)OC(=O)NCCNC(C1=Cc2ccccc2C1)c1cccnc1. The number of carbonyl (C=O) groups excluding carboxylic acids is 1. The molecule has 0 fully saturated rings. The second-order valence-corrected chi connectivity index (χ2v) is 7.70. The van der Waals surface area contributed by atoms with Crippen LogP contribution in [0.25, 0.3) is 6.08 Å². The number of fused-ring (bicyclic) bond motifs is 1. The average molecular weight is 365 g/mol. The molecule has 2 aromatic rings. The second kappa shape index (κ2) is 8.35. The van der Waals surface area contributed by atoms with Crippen LogP contribution in [0, 0.1) is 0 Å². The number of ether oxygens (including phenoxy) is 1. The predicted octanol–water partition coefficient (Wildman–Crippen LogP) is 3.88. The van der Waals surface area contributed by atoms with Crippen LogP contribution in [-0.4, -0.2) is 29.8 Å². The van der Waals surface area contributed by atoms with Crippen molar-refractivity contribution in [3.63, 3.8) is 0 Å². The smallest absolute Gasteiger partial charge is 0.407 e. The molecular weight excluding hydrogens is 338 g/mol. The van der Waals surface area contributed by atoms with Crippen LogP contribution in [0.3, 0.4) is 0 Å². The van der Waals surface area contributed by atoms with Crippen molar-refractivity contribution in [1.82, 2.24) is 15.6 Å². The number of nitrogens with one attached hydrogen (secondary N) is 2. The van der Waals surface area contributed by atoms with E-state index in [2.05, 4.69) is 52.0 Å². The molecule has 27 heavy (non-hydrogen) atoms. The highest BCUT2D eigenvalue weighted by atomic mass is 16.6. The zero-order chi connectivity index (χ0) is 19.3. The van der Waals surface area contributed by atoms with Crippen LogP contribution in [0.4, 0.5) is 4.79 Å². The lowest BCUT2D eigenvalue weighted by Crippen LogP contribution is -2.37. The van der Waals surface area contributed by atoms with Crippen LogP contribution in [0.2, 0.25) is 0 Å². The molecule has 1 unspecified atom stereocenters. The van der Waals surface area contributed by atoms with Gasteiger partial charge in [0.05, 0.1) is 6.04 Å². The van der Waals surface area contributed by atoms with E-state index >= 15 is 0 Å². The molecule has 0 radical (unpaired) electrons. The number of hydrogen-bond acceptors (Lipinski definition) is 4. The highest BCUT2D eigenvalue weighted by Gasteiger charge is 2.22. The molecule has 1 amide bonds. The van der Waals surface area contributed by atoms with Crippen molar-refractivity contribution < 1.29 is 9.53 Å². The van der Waals surface area contributed by atoms with E-state index in [9.17, 15) is 4.79 Å². The largest absolute Gasteiger partial charge is 0.444 e. The van der Waals surface area contributed by atoms with Crippen LogP contribution < -0.4 is 10.6 Å². The third-order valence-electron chi connectivity index (χ3n) is 4.32. The molecule has 1 atom stereocenters. The molecule has 0 bridgehead atoms. The highest BCUT2D eigenvalue weighted by Crippen LogP contribution is 2.32. The lowest BCUT2D eigenvalue weighted by Gasteiger charge is -2.22. The van der Waals surface area contributed by atoms with Crippen molar-refractivity contribution in [1.29, 1.82) is 0 Å². The molecule has 0 aliphatic heterocycles. The molecule has 142 valence electrons. The van der Waals surface area contributed by atoms with E-state index in [1.807, 2.05) is 33.0 Å². The van der Waals surface area contributed by atoms with Gasteiger partial charge >= 0.3 is 6.09 Å². The maximum atomic E-state index is 11.8. The molecule has 0 spiro atoms. The summed E-state index contributed by atoms with van der Waals surface area (Å²) in [7, 11) is 0. The fraction of sp³-hybridized carbons (Fsp3) is 0.364. The summed E-state index contributed by atoms with van der Waals surface area (Å²) in [6.07, 6.45) is 6.45. The number of alkyl carbamates (subject to hydrolysis) is 1. The quantitative estimate of drug-likeness (QED) is 0.763. The van der Waals surface area contributed by atoms with Crippen LogP contribution in [0.1, 0.15) is 43.5 Å². The van der Waals surface area contributed by atoms with Gasteiger partial charge in [0.25, 0.3) is 0 Å². The maximum Gasteiger partial charge on any atom is 0.407 e. The Morgan fingerprint density at radius 1 is 1.19 bits per heavy atom. The Labute approximate surface area is 160 Å². The molecule has 5 heteroatoms. The minimum atomic E-state index is -0.490. The van der Waals surface area contributed by atoms with E-state index in [1.54, 1.807) is 6.20 Å². The summed E-state index contributed by atoms with van der Waals surface area (Å²) in [5.74, 6) is 0. The number of nitrogens with zero attached hydrogens (tertiary/aromatic N) is 1. The van der Waals surface area contributed by atoms with Crippen molar-refractivity contribution in [3.05, 3.63) is 71.1 Å². The van der Waals surface area contributed by atoms with Gasteiger partial charge in [-0.15, -0.1) is 0 Å². The topological polar surface area (TPSA) is 63.2 Å². The summed E-state index contributed by atoms with van der Waals surface area (Å²) in [4.78, 5) is 16.1. The third kappa shape index (κ3) is 5.41. The van der Waals surface area contributed by atoms with Crippen molar-refractivity contribution >= 4 is 12.2 Å². The van der Waals surface area contributed by atoms with Gasteiger partial charge in [-0.25, -0.2) is 4.79 Å². The predicted molar refractivity (Wildman–Crippen MR) is 107 cm³/mol. The van der Waals surface area contributed by atoms with Crippen LogP contribution in [0.5, 0.6) is 0 Å². The number of carbonyl (C=O) groups is 1. The molecule has 1 aliphatic rings. The van der Waals surface area contributed by atoms with E-state index in [0.29, 0.717) is 13.1 Å². The molecular formula is C22H27N3O2. The Hall–Kier alpha value is -2.66. The van der Waals surface area contributed by atoms with Crippen LogP contribution in [-0.2, 0) is 11.2 Å². The van der Waals surface area contributed by atoms with Gasteiger partial charge < -0.3 is 15.4 Å². The summed E-state index contributed by atoms with van der Waals surface area (Å²) in [5, 5.41) is 6.35. The number of aromatic nitrogens is 1. The molecule has 1 aliphatic carbocycles. The summed E-state index contributed by atoms with van der Waals surface area (Å²) in [6.45, 7) is 6.69. The minimum Gasteiger partial charge on any atom is -0.444 e. The van der Waals surface area contributed by atoms with Gasteiger partial charge in [-0.3, -0.25) is 4.98 Å². The monoisotopic (exact) mass is 365 g/mol. The van der Waals surface area contributed by atoms with Gasteiger partial charge in [-0.1, -0.05) is 36.4 Å². The second-order valence-electron chi connectivity index (χ2n) is 7.70. The normalized spacial score (nSPS) is 14.3. The van der Waals surface area contributed by atoms with E-state index in [-0.39, 0.29) is 6.04 Å². The molecule has 0 saturated heterocycles. The Kier molecular flexibility index (Phi) is 5.91. The summed E-state index contributed by atoms with van der Waals surface area (Å²) >= 11 is 0. The Bertz CT molecular complexity index is 810. The lowest BCUT2D eigenvalue weighted by molar-refractivity contribution is 0.0528. The number of hydrogen-bond donors (Lipinski definition) is 2. The molecule has 1 aromatic heterocycles. The first-order valence-corrected chi connectivity index (χ1v) is 9.31. The van der Waals surface area contributed by atoms with E-state index < -0.39 is 11.7 Å². The van der Waals surface area contributed by atoms with E-state index in [0.717, 1.165) is 12.0 Å². The Balaban J connectivity index is 1.62. The van der Waals surface area contributed by atoms with E-state index in [4.69, 9.17) is 4.74 Å². The fourth-order valence-electron chi connectivity index (χ4n) is 3.20. The van der Waals surface area contributed by atoms with E-state index in [1.165, 1.54) is 16.7 Å².